The van der Waals surface area contributed by atoms with Gasteiger partial charge in [0.25, 0.3) is 0 Å². The Balaban J connectivity index is -0.0000000840. The normalized spacial score (nSPS) is 8.57. The van der Waals surface area contributed by atoms with Crippen LogP contribution in [-0.4, -0.2) is 6.54 Å². The van der Waals surface area contributed by atoms with Crippen molar-refractivity contribution in [2.45, 2.75) is 164 Å². The smallest absolute Gasteiger partial charge is 0.00799 e. The van der Waals surface area contributed by atoms with Crippen molar-refractivity contribution < 1.29 is 0 Å². The molecule has 2 aromatic rings. The monoisotopic (exact) mass is 614 g/mol. The number of allylic oxidation sites excluding steroid dienone is 3. The molecule has 0 saturated heterocycles. The summed E-state index contributed by atoms with van der Waals surface area (Å²) in [7, 11) is 0. The van der Waals surface area contributed by atoms with Gasteiger partial charge in [0.15, 0.2) is 0 Å². The molecule has 0 heterocycles. The van der Waals surface area contributed by atoms with E-state index in [0.29, 0.717) is 5.92 Å². The summed E-state index contributed by atoms with van der Waals surface area (Å²) in [5, 5.41) is 0. The van der Waals surface area contributed by atoms with Crippen LogP contribution in [0.1, 0.15) is 170 Å². The summed E-state index contributed by atoms with van der Waals surface area (Å²) < 4.78 is 0. The van der Waals surface area contributed by atoms with E-state index in [1.165, 1.54) is 50.1 Å². The number of aryl methyl sites for hydroxylation is 3. The first-order valence-electron chi connectivity index (χ1n) is 17.6. The van der Waals surface area contributed by atoms with Gasteiger partial charge in [-0.05, 0) is 102 Å². The molecule has 0 aliphatic carbocycles. The van der Waals surface area contributed by atoms with E-state index in [0.717, 1.165) is 19.4 Å². The van der Waals surface area contributed by atoms with Crippen molar-refractivity contribution in [2.24, 2.45) is 5.73 Å². The fraction of sp³-hybridized carbons (Fsp3) is 0.581. The van der Waals surface area contributed by atoms with Crippen LogP contribution in [0.2, 0.25) is 0 Å². The van der Waals surface area contributed by atoms with Gasteiger partial charge >= 0.3 is 0 Å². The SMILES string of the molecule is C=C(C)/C(=C\c1cc(C)cc(C)c1C)CC.C=C(C)C.CC.CC.CC.CC.CC.CCCN.Cc1ccc(C(C)C)cc1. The Morgan fingerprint density at radius 2 is 1.07 bits per heavy atom. The van der Waals surface area contributed by atoms with Crippen molar-refractivity contribution in [3.8, 4) is 0 Å². The molecule has 0 atom stereocenters. The lowest BCUT2D eigenvalue weighted by atomic mass is 9.96. The second-order valence-corrected chi connectivity index (χ2v) is 9.66. The molecule has 0 unspecified atom stereocenters. The van der Waals surface area contributed by atoms with Crippen molar-refractivity contribution in [3.05, 3.63) is 99.7 Å². The quantitative estimate of drug-likeness (QED) is 0.263. The number of hydrogen-bond donors (Lipinski definition) is 1. The zero-order valence-corrected chi connectivity index (χ0v) is 34.2. The van der Waals surface area contributed by atoms with Gasteiger partial charge in [-0.1, -0.05) is 168 Å². The van der Waals surface area contributed by atoms with Gasteiger partial charge < -0.3 is 5.73 Å². The van der Waals surface area contributed by atoms with Crippen molar-refractivity contribution in [1.29, 1.82) is 0 Å². The molecule has 1 nitrogen and oxygen atoms in total. The van der Waals surface area contributed by atoms with Gasteiger partial charge in [0.1, 0.15) is 0 Å². The van der Waals surface area contributed by atoms with Crippen LogP contribution in [-0.2, 0) is 0 Å². The molecule has 0 spiro atoms. The molecule has 0 aliphatic heterocycles. The van der Waals surface area contributed by atoms with Crippen LogP contribution in [0.3, 0.4) is 0 Å². The summed E-state index contributed by atoms with van der Waals surface area (Å²) in [6, 6.07) is 13.2. The van der Waals surface area contributed by atoms with Crippen molar-refractivity contribution >= 4 is 6.08 Å². The molecule has 2 N–H and O–H groups in total. The topological polar surface area (TPSA) is 26.0 Å². The summed E-state index contributed by atoms with van der Waals surface area (Å²) in [4.78, 5) is 0. The van der Waals surface area contributed by atoms with Gasteiger partial charge in [-0.25, -0.2) is 0 Å². The van der Waals surface area contributed by atoms with Crippen LogP contribution in [0.25, 0.3) is 6.08 Å². The Morgan fingerprint density at radius 1 is 0.705 bits per heavy atom. The Kier molecular flexibility index (Phi) is 58.7. The van der Waals surface area contributed by atoms with Crippen LogP contribution >= 0.6 is 0 Å². The van der Waals surface area contributed by atoms with Gasteiger partial charge in [0, 0.05) is 0 Å². The molecule has 0 aliphatic rings. The summed E-state index contributed by atoms with van der Waals surface area (Å²) in [6.45, 7) is 51.7. The van der Waals surface area contributed by atoms with E-state index in [-0.39, 0.29) is 0 Å². The highest BCUT2D eigenvalue weighted by Gasteiger charge is 2.02. The molecule has 0 saturated carbocycles. The fourth-order valence-corrected chi connectivity index (χ4v) is 2.89. The molecule has 1 heteroatoms. The van der Waals surface area contributed by atoms with Gasteiger partial charge in [-0.2, -0.15) is 0 Å². The number of rotatable bonds is 5. The molecule has 2 rings (SSSR count). The Labute approximate surface area is 281 Å². The zero-order valence-electron chi connectivity index (χ0n) is 34.2. The summed E-state index contributed by atoms with van der Waals surface area (Å²) in [5.74, 6) is 0.653. The Morgan fingerprint density at radius 3 is 1.34 bits per heavy atom. The molecular weight excluding hydrogens is 530 g/mol. The molecule has 0 bridgehead atoms. The first-order valence-corrected chi connectivity index (χ1v) is 17.6. The molecule has 0 fully saturated rings. The van der Waals surface area contributed by atoms with E-state index < -0.39 is 0 Å². The highest BCUT2D eigenvalue weighted by molar-refractivity contribution is 5.62. The molecule has 0 aromatic heterocycles. The van der Waals surface area contributed by atoms with E-state index >= 15 is 0 Å². The van der Waals surface area contributed by atoms with E-state index in [9.17, 15) is 0 Å². The largest absolute Gasteiger partial charge is 0.330 e. The fourth-order valence-electron chi connectivity index (χ4n) is 2.89. The average Bonchev–Trinajstić information content (AvgIpc) is 3.03. The lowest BCUT2D eigenvalue weighted by Gasteiger charge is -2.10. The predicted octanol–water partition coefficient (Wildman–Crippen LogP) is 15.2. The lowest BCUT2D eigenvalue weighted by molar-refractivity contribution is 0.866. The Bertz CT molecular complexity index is 874. The van der Waals surface area contributed by atoms with Crippen LogP contribution in [0.4, 0.5) is 0 Å². The van der Waals surface area contributed by atoms with Crippen LogP contribution in [0.5, 0.6) is 0 Å². The maximum absolute atomic E-state index is 5.03. The van der Waals surface area contributed by atoms with Crippen molar-refractivity contribution in [2.75, 3.05) is 6.54 Å². The van der Waals surface area contributed by atoms with Crippen LogP contribution in [0, 0.1) is 27.7 Å². The maximum atomic E-state index is 5.03. The van der Waals surface area contributed by atoms with E-state index in [2.05, 4.69) is 118 Å². The van der Waals surface area contributed by atoms with Crippen molar-refractivity contribution in [1.82, 2.24) is 0 Å². The van der Waals surface area contributed by atoms with Gasteiger partial charge in [-0.15, -0.1) is 6.58 Å². The lowest BCUT2D eigenvalue weighted by Crippen LogP contribution is -1.93. The van der Waals surface area contributed by atoms with Gasteiger partial charge in [0.2, 0.25) is 0 Å². The first kappa shape index (κ1) is 57.3. The molecule has 0 amide bonds. The Hall–Kier alpha value is -2.38. The molecule has 2 aromatic carbocycles. The summed E-state index contributed by atoms with van der Waals surface area (Å²) >= 11 is 0. The van der Waals surface area contributed by atoms with Crippen molar-refractivity contribution in [3.63, 3.8) is 0 Å². The van der Waals surface area contributed by atoms with E-state index in [1.807, 2.05) is 83.1 Å². The summed E-state index contributed by atoms with van der Waals surface area (Å²) in [6.07, 6.45) is 4.42. The third-order valence-electron chi connectivity index (χ3n) is 5.14. The second kappa shape index (κ2) is 45.1. The second-order valence-electron chi connectivity index (χ2n) is 9.66. The minimum atomic E-state index is 0.653. The van der Waals surface area contributed by atoms with E-state index in [4.69, 9.17) is 5.73 Å². The average molecular weight is 614 g/mol. The number of hydrogen-bond acceptors (Lipinski definition) is 1. The minimum absolute atomic E-state index is 0.653. The minimum Gasteiger partial charge on any atom is -0.330 e. The zero-order chi connectivity index (χ0) is 36.8. The molecular formula is C43H83N. The van der Waals surface area contributed by atoms with Crippen LogP contribution < -0.4 is 5.73 Å². The highest BCUT2D eigenvalue weighted by atomic mass is 14.5. The number of benzene rings is 2. The molecule has 44 heavy (non-hydrogen) atoms. The first-order chi connectivity index (χ1) is 20.8. The predicted molar refractivity (Wildman–Crippen MR) is 216 cm³/mol. The number of nitrogens with two attached hydrogens (primary N) is 1. The van der Waals surface area contributed by atoms with E-state index in [1.54, 1.807) is 0 Å². The summed E-state index contributed by atoms with van der Waals surface area (Å²) in [5.41, 5.74) is 16.9. The molecule has 0 radical (unpaired) electrons. The highest BCUT2D eigenvalue weighted by Crippen LogP contribution is 2.22. The van der Waals surface area contributed by atoms with Crippen LogP contribution in [0.15, 0.2) is 66.3 Å². The van der Waals surface area contributed by atoms with Gasteiger partial charge in [0.05, 0.1) is 0 Å². The van der Waals surface area contributed by atoms with Gasteiger partial charge in [-0.3, -0.25) is 0 Å². The third kappa shape index (κ3) is 39.6. The molecule has 260 valence electrons. The third-order valence-corrected chi connectivity index (χ3v) is 5.14. The maximum Gasteiger partial charge on any atom is -0.00799 e. The standard InChI is InChI=1S/C16H22.C10H14.C4H8.C3H9N.5C2H6/c1-7-15(11(2)3)10-16-9-12(4)8-13(5)14(16)6;1-8(2)10-6-4-9(3)5-7-10;1-4(2)3;1-2-3-4;5*1-2/h8-10H,2,7H2,1,3-6H3;4-8H,1-3H3;1H2,2-3H3;2-4H2,1H3;5*1-2H3/b15-10-;;;;;;;;.